The number of carbonyl (C=O) groups is 1. The molecule has 1 aliphatic heterocycles. The molecule has 0 atom stereocenters. The van der Waals surface area contributed by atoms with E-state index in [0.29, 0.717) is 5.69 Å². The van der Waals surface area contributed by atoms with Crippen molar-refractivity contribution in [3.63, 3.8) is 0 Å². The molecule has 0 saturated carbocycles. The molecule has 0 aliphatic carbocycles. The average Bonchev–Trinajstić information content (AvgIpc) is 3.10. The van der Waals surface area contributed by atoms with Crippen LogP contribution in [-0.2, 0) is 11.3 Å². The Morgan fingerprint density at radius 2 is 2.00 bits per heavy atom. The lowest BCUT2D eigenvalue weighted by atomic mass is 10.3. The first-order chi connectivity index (χ1) is 12.0. The van der Waals surface area contributed by atoms with E-state index in [-0.39, 0.29) is 10.7 Å². The molecule has 3 rings (SSSR count). The van der Waals surface area contributed by atoms with Crippen LogP contribution in [0, 0.1) is 11.6 Å². The van der Waals surface area contributed by atoms with Crippen molar-refractivity contribution in [3.8, 4) is 0 Å². The maximum absolute atomic E-state index is 13.5. The topological polar surface area (TPSA) is 67.2 Å². The van der Waals surface area contributed by atoms with Gasteiger partial charge in [0, 0.05) is 19.2 Å². The van der Waals surface area contributed by atoms with Crippen LogP contribution in [0.3, 0.4) is 0 Å². The van der Waals surface area contributed by atoms with E-state index >= 15 is 0 Å². The lowest BCUT2D eigenvalue weighted by molar-refractivity contribution is -0.117. The summed E-state index contributed by atoms with van der Waals surface area (Å²) >= 11 is 6.11. The van der Waals surface area contributed by atoms with E-state index in [0.717, 1.165) is 48.8 Å². The highest BCUT2D eigenvalue weighted by molar-refractivity contribution is 6.33. The van der Waals surface area contributed by atoms with Crippen LogP contribution in [0.15, 0.2) is 29.2 Å². The quantitative estimate of drug-likeness (QED) is 0.900. The molecule has 0 bridgehead atoms. The number of nitrogens with one attached hydrogen (secondary N) is 1. The van der Waals surface area contributed by atoms with E-state index in [9.17, 15) is 18.4 Å². The molecule has 1 saturated heterocycles. The van der Waals surface area contributed by atoms with Crippen LogP contribution in [0.2, 0.25) is 5.02 Å². The second kappa shape index (κ2) is 7.18. The minimum absolute atomic E-state index is 0.0124. The number of hydrogen-bond donors (Lipinski definition) is 1. The van der Waals surface area contributed by atoms with Crippen LogP contribution in [0.1, 0.15) is 12.8 Å². The van der Waals surface area contributed by atoms with E-state index in [2.05, 4.69) is 10.4 Å². The first-order valence-electron chi connectivity index (χ1n) is 7.71. The van der Waals surface area contributed by atoms with Crippen molar-refractivity contribution in [2.45, 2.75) is 19.4 Å². The molecular formula is C16H15ClF2N4O2. The first kappa shape index (κ1) is 17.3. The van der Waals surface area contributed by atoms with E-state index in [1.807, 2.05) is 4.90 Å². The third-order valence-corrected chi connectivity index (χ3v) is 4.26. The summed E-state index contributed by atoms with van der Waals surface area (Å²) in [5.74, 6) is -2.19. The van der Waals surface area contributed by atoms with Crippen LogP contribution in [-0.4, -0.2) is 28.8 Å². The molecule has 1 fully saturated rings. The molecule has 132 valence electrons. The summed E-state index contributed by atoms with van der Waals surface area (Å²) in [7, 11) is 0. The number of carbonyl (C=O) groups excluding carboxylic acids is 1. The second-order valence-electron chi connectivity index (χ2n) is 5.67. The number of hydrogen-bond acceptors (Lipinski definition) is 4. The third-order valence-electron chi connectivity index (χ3n) is 3.91. The van der Waals surface area contributed by atoms with Gasteiger partial charge in [0.15, 0.2) is 0 Å². The predicted molar refractivity (Wildman–Crippen MR) is 89.9 cm³/mol. The van der Waals surface area contributed by atoms with Crippen LogP contribution in [0.4, 0.5) is 20.2 Å². The van der Waals surface area contributed by atoms with Crippen molar-refractivity contribution in [2.24, 2.45) is 0 Å². The van der Waals surface area contributed by atoms with Gasteiger partial charge in [-0.3, -0.25) is 9.59 Å². The molecular weight excluding hydrogens is 354 g/mol. The molecule has 25 heavy (non-hydrogen) atoms. The Balaban J connectivity index is 1.76. The molecule has 9 heteroatoms. The number of benzene rings is 1. The van der Waals surface area contributed by atoms with Crippen molar-refractivity contribution in [1.29, 1.82) is 0 Å². The Labute approximate surface area is 147 Å². The number of nitrogens with zero attached hydrogens (tertiary/aromatic N) is 3. The second-order valence-corrected chi connectivity index (χ2v) is 6.05. The zero-order valence-electron chi connectivity index (χ0n) is 13.1. The minimum Gasteiger partial charge on any atom is -0.369 e. The highest BCUT2D eigenvalue weighted by Crippen LogP contribution is 2.24. The standard InChI is InChI=1S/C16H15ClF2N4O2/c17-15-13(22-5-1-2-6-22)8-20-23(16(15)25)9-14(24)21-12-7-10(18)3-4-11(12)19/h3-4,7-8H,1-2,5-6,9H2,(H,21,24). The number of aromatic nitrogens is 2. The van der Waals surface area contributed by atoms with E-state index in [4.69, 9.17) is 11.6 Å². The van der Waals surface area contributed by atoms with Gasteiger partial charge in [-0.1, -0.05) is 11.6 Å². The van der Waals surface area contributed by atoms with Crippen molar-refractivity contribution >= 4 is 28.9 Å². The fourth-order valence-corrected chi connectivity index (χ4v) is 2.93. The summed E-state index contributed by atoms with van der Waals surface area (Å²) in [6.07, 6.45) is 3.47. The highest BCUT2D eigenvalue weighted by Gasteiger charge is 2.19. The van der Waals surface area contributed by atoms with Crippen molar-refractivity contribution in [3.05, 3.63) is 51.4 Å². The smallest absolute Gasteiger partial charge is 0.288 e. The van der Waals surface area contributed by atoms with Gasteiger partial charge in [0.1, 0.15) is 23.2 Å². The van der Waals surface area contributed by atoms with Gasteiger partial charge in [0.05, 0.1) is 17.6 Å². The zero-order chi connectivity index (χ0) is 18.0. The summed E-state index contributed by atoms with van der Waals surface area (Å²) in [5, 5.41) is 6.15. The van der Waals surface area contributed by atoms with Gasteiger partial charge in [-0.05, 0) is 25.0 Å². The fraction of sp³-hybridized carbons (Fsp3) is 0.312. The summed E-state index contributed by atoms with van der Waals surface area (Å²) < 4.78 is 27.6. The molecule has 2 heterocycles. The molecule has 0 unspecified atom stereocenters. The summed E-state index contributed by atoms with van der Waals surface area (Å²) in [4.78, 5) is 26.2. The molecule has 0 spiro atoms. The fourth-order valence-electron chi connectivity index (χ4n) is 2.67. The Hall–Kier alpha value is -2.48. The summed E-state index contributed by atoms with van der Waals surface area (Å²) in [6, 6.07) is 2.69. The van der Waals surface area contributed by atoms with Gasteiger partial charge in [0.25, 0.3) is 5.56 Å². The van der Waals surface area contributed by atoms with Crippen LogP contribution < -0.4 is 15.8 Å². The monoisotopic (exact) mass is 368 g/mol. The normalized spacial score (nSPS) is 14.0. The summed E-state index contributed by atoms with van der Waals surface area (Å²) in [6.45, 7) is 1.13. The van der Waals surface area contributed by atoms with Crippen molar-refractivity contribution in [2.75, 3.05) is 23.3 Å². The minimum atomic E-state index is -0.780. The van der Waals surface area contributed by atoms with Gasteiger partial charge in [0.2, 0.25) is 5.91 Å². The first-order valence-corrected chi connectivity index (χ1v) is 8.09. The Kier molecular flexibility index (Phi) is 4.98. The lowest BCUT2D eigenvalue weighted by Crippen LogP contribution is -2.32. The van der Waals surface area contributed by atoms with Crippen LogP contribution in [0.25, 0.3) is 0 Å². The number of anilines is 2. The lowest BCUT2D eigenvalue weighted by Gasteiger charge is -2.18. The molecule has 1 N–H and O–H groups in total. The maximum Gasteiger partial charge on any atom is 0.288 e. The van der Waals surface area contributed by atoms with Crippen molar-refractivity contribution < 1.29 is 13.6 Å². The third kappa shape index (κ3) is 3.79. The SMILES string of the molecule is O=C(Cn1ncc(N2CCCC2)c(Cl)c1=O)Nc1cc(F)ccc1F. The molecule has 0 radical (unpaired) electrons. The van der Waals surface area contributed by atoms with Gasteiger partial charge >= 0.3 is 0 Å². The summed E-state index contributed by atoms with van der Waals surface area (Å²) in [5.41, 5.74) is -0.379. The maximum atomic E-state index is 13.5. The number of rotatable bonds is 4. The van der Waals surface area contributed by atoms with Gasteiger partial charge in [-0.2, -0.15) is 5.10 Å². The molecule has 1 amide bonds. The largest absolute Gasteiger partial charge is 0.369 e. The van der Waals surface area contributed by atoms with Gasteiger partial charge < -0.3 is 10.2 Å². The number of amides is 1. The van der Waals surface area contributed by atoms with Crippen molar-refractivity contribution in [1.82, 2.24) is 9.78 Å². The van der Waals surface area contributed by atoms with Gasteiger partial charge in [-0.15, -0.1) is 0 Å². The Morgan fingerprint density at radius 3 is 2.72 bits per heavy atom. The van der Waals surface area contributed by atoms with Crippen LogP contribution >= 0.6 is 11.6 Å². The molecule has 1 aromatic heterocycles. The van der Waals surface area contributed by atoms with Gasteiger partial charge in [-0.25, -0.2) is 13.5 Å². The highest BCUT2D eigenvalue weighted by atomic mass is 35.5. The number of halogens is 3. The van der Waals surface area contributed by atoms with E-state index in [1.54, 1.807) is 0 Å². The van der Waals surface area contributed by atoms with E-state index in [1.165, 1.54) is 6.20 Å². The Morgan fingerprint density at radius 1 is 1.28 bits per heavy atom. The average molecular weight is 369 g/mol. The predicted octanol–water partition coefficient (Wildman–Crippen LogP) is 2.41. The van der Waals surface area contributed by atoms with Crippen LogP contribution in [0.5, 0.6) is 0 Å². The zero-order valence-corrected chi connectivity index (χ0v) is 13.9. The molecule has 6 nitrogen and oxygen atoms in total. The molecule has 1 aliphatic rings. The van der Waals surface area contributed by atoms with E-state index < -0.39 is 29.6 Å². The molecule has 1 aromatic carbocycles. The molecule has 2 aromatic rings. The Bertz CT molecular complexity index is 866.